The van der Waals surface area contributed by atoms with E-state index < -0.39 is 0 Å². The second-order valence-electron chi connectivity index (χ2n) is 3.88. The maximum absolute atomic E-state index is 11.9. The highest BCUT2D eigenvalue weighted by Crippen LogP contribution is 2.13. The van der Waals surface area contributed by atoms with Gasteiger partial charge in [-0.2, -0.15) is 0 Å². The molecule has 0 unspecified atom stereocenters. The Morgan fingerprint density at radius 2 is 2.06 bits per heavy atom. The van der Waals surface area contributed by atoms with Crippen molar-refractivity contribution in [2.45, 2.75) is 13.0 Å². The molecule has 1 aromatic carbocycles. The number of rotatable bonds is 4. The van der Waals surface area contributed by atoms with Gasteiger partial charge in [-0.3, -0.25) is 4.79 Å². The SMILES string of the molecule is COCc1nc(Cl)c(Cc2ccccc2)c(=O)[nH]1. The maximum Gasteiger partial charge on any atom is 0.256 e. The molecule has 0 aliphatic rings. The highest BCUT2D eigenvalue weighted by atomic mass is 35.5. The topological polar surface area (TPSA) is 55.0 Å². The molecular formula is C13H13ClN2O2. The van der Waals surface area contributed by atoms with Gasteiger partial charge in [-0.05, 0) is 5.56 Å². The van der Waals surface area contributed by atoms with Gasteiger partial charge in [0.05, 0.1) is 5.56 Å². The summed E-state index contributed by atoms with van der Waals surface area (Å²) in [7, 11) is 1.53. The molecule has 0 radical (unpaired) electrons. The molecule has 1 N–H and O–H groups in total. The van der Waals surface area contributed by atoms with Crippen molar-refractivity contribution in [3.63, 3.8) is 0 Å². The third kappa shape index (κ3) is 2.97. The van der Waals surface area contributed by atoms with Crippen molar-refractivity contribution < 1.29 is 4.74 Å². The molecule has 94 valence electrons. The van der Waals surface area contributed by atoms with Gasteiger partial charge in [0.2, 0.25) is 0 Å². The van der Waals surface area contributed by atoms with Crippen LogP contribution in [0.2, 0.25) is 5.15 Å². The van der Waals surface area contributed by atoms with Gasteiger partial charge < -0.3 is 9.72 Å². The van der Waals surface area contributed by atoms with Gasteiger partial charge in [0.1, 0.15) is 17.6 Å². The normalized spacial score (nSPS) is 10.6. The molecule has 1 heterocycles. The Hall–Kier alpha value is -1.65. The van der Waals surface area contributed by atoms with Gasteiger partial charge in [0.15, 0.2) is 0 Å². The Morgan fingerprint density at radius 1 is 1.33 bits per heavy atom. The minimum atomic E-state index is -0.217. The number of nitrogens with zero attached hydrogens (tertiary/aromatic N) is 1. The molecule has 1 aromatic heterocycles. The summed E-state index contributed by atoms with van der Waals surface area (Å²) in [5.41, 5.74) is 1.28. The molecule has 0 aliphatic heterocycles. The number of halogens is 1. The van der Waals surface area contributed by atoms with Crippen LogP contribution in [0.15, 0.2) is 35.1 Å². The van der Waals surface area contributed by atoms with Gasteiger partial charge >= 0.3 is 0 Å². The van der Waals surface area contributed by atoms with Crippen molar-refractivity contribution >= 4 is 11.6 Å². The lowest BCUT2D eigenvalue weighted by atomic mass is 10.1. The first-order chi connectivity index (χ1) is 8.70. The van der Waals surface area contributed by atoms with Crippen LogP contribution in [0.3, 0.4) is 0 Å². The van der Waals surface area contributed by atoms with Crippen molar-refractivity contribution in [3.05, 3.63) is 62.8 Å². The average molecular weight is 265 g/mol. The molecule has 0 fully saturated rings. The molecule has 0 bridgehead atoms. The number of benzene rings is 1. The van der Waals surface area contributed by atoms with E-state index in [0.717, 1.165) is 5.56 Å². The molecule has 0 saturated carbocycles. The van der Waals surface area contributed by atoms with Crippen LogP contribution < -0.4 is 5.56 Å². The Morgan fingerprint density at radius 3 is 2.67 bits per heavy atom. The lowest BCUT2D eigenvalue weighted by molar-refractivity contribution is 0.177. The van der Waals surface area contributed by atoms with E-state index in [1.54, 1.807) is 0 Å². The predicted octanol–water partition coefficient (Wildman–Crippen LogP) is 2.16. The number of H-pyrrole nitrogens is 1. The van der Waals surface area contributed by atoms with Crippen LogP contribution in [0.1, 0.15) is 17.0 Å². The van der Waals surface area contributed by atoms with Crippen LogP contribution in [0.25, 0.3) is 0 Å². The number of hydrogen-bond acceptors (Lipinski definition) is 3. The number of hydrogen-bond donors (Lipinski definition) is 1. The van der Waals surface area contributed by atoms with Crippen LogP contribution >= 0.6 is 11.6 Å². The van der Waals surface area contributed by atoms with E-state index in [1.165, 1.54) is 7.11 Å². The first kappa shape index (κ1) is 12.8. The van der Waals surface area contributed by atoms with E-state index in [9.17, 15) is 4.79 Å². The van der Waals surface area contributed by atoms with E-state index in [0.29, 0.717) is 17.8 Å². The summed E-state index contributed by atoms with van der Waals surface area (Å²) in [6.45, 7) is 0.237. The molecule has 18 heavy (non-hydrogen) atoms. The predicted molar refractivity (Wildman–Crippen MR) is 69.8 cm³/mol. The third-order valence-corrected chi connectivity index (χ3v) is 2.83. The monoisotopic (exact) mass is 264 g/mol. The van der Waals surface area contributed by atoms with Gasteiger partial charge in [-0.25, -0.2) is 4.98 Å². The zero-order valence-electron chi connectivity index (χ0n) is 9.94. The Kier molecular flexibility index (Phi) is 4.12. The van der Waals surface area contributed by atoms with E-state index in [2.05, 4.69) is 9.97 Å². The van der Waals surface area contributed by atoms with Gasteiger partial charge in [0, 0.05) is 13.5 Å². The highest BCUT2D eigenvalue weighted by molar-refractivity contribution is 6.30. The summed E-state index contributed by atoms with van der Waals surface area (Å²) in [6.07, 6.45) is 0.468. The van der Waals surface area contributed by atoms with Crippen LogP contribution in [-0.4, -0.2) is 17.1 Å². The molecule has 0 saturated heterocycles. The minimum absolute atomic E-state index is 0.217. The second-order valence-corrected chi connectivity index (χ2v) is 4.24. The summed E-state index contributed by atoms with van der Waals surface area (Å²) < 4.78 is 4.90. The smallest absolute Gasteiger partial charge is 0.256 e. The Balaban J connectivity index is 2.32. The van der Waals surface area contributed by atoms with Crippen LogP contribution in [0.4, 0.5) is 0 Å². The third-order valence-electron chi connectivity index (χ3n) is 2.52. The number of ether oxygens (including phenoxy) is 1. The van der Waals surface area contributed by atoms with Crippen LogP contribution in [0.5, 0.6) is 0 Å². The van der Waals surface area contributed by atoms with Gasteiger partial charge in [0.25, 0.3) is 5.56 Å². The van der Waals surface area contributed by atoms with Crippen molar-refractivity contribution in [1.29, 1.82) is 0 Å². The molecule has 2 rings (SSSR count). The van der Waals surface area contributed by atoms with E-state index in [1.807, 2.05) is 30.3 Å². The molecule has 0 aliphatic carbocycles. The van der Waals surface area contributed by atoms with E-state index in [-0.39, 0.29) is 17.3 Å². The summed E-state index contributed by atoms with van der Waals surface area (Å²) in [6, 6.07) is 9.65. The fourth-order valence-electron chi connectivity index (χ4n) is 1.67. The number of methoxy groups -OCH3 is 1. The average Bonchev–Trinajstić information content (AvgIpc) is 2.36. The molecule has 0 amide bonds. The van der Waals surface area contributed by atoms with E-state index >= 15 is 0 Å². The Labute approximate surface area is 110 Å². The van der Waals surface area contributed by atoms with Gasteiger partial charge in [-0.1, -0.05) is 41.9 Å². The fourth-order valence-corrected chi connectivity index (χ4v) is 1.93. The standard InChI is InChI=1S/C13H13ClN2O2/c1-18-8-11-15-12(14)10(13(17)16-11)7-9-5-3-2-4-6-9/h2-6H,7-8H2,1H3,(H,15,16,17). The van der Waals surface area contributed by atoms with Crippen molar-refractivity contribution in [2.75, 3.05) is 7.11 Å². The molecule has 0 spiro atoms. The fraction of sp³-hybridized carbons (Fsp3) is 0.231. The lowest BCUT2D eigenvalue weighted by Crippen LogP contribution is -2.18. The second kappa shape index (κ2) is 5.80. The van der Waals surface area contributed by atoms with Crippen molar-refractivity contribution in [2.24, 2.45) is 0 Å². The number of aromatic nitrogens is 2. The van der Waals surface area contributed by atoms with E-state index in [4.69, 9.17) is 16.3 Å². The quantitative estimate of drug-likeness (QED) is 0.861. The van der Waals surface area contributed by atoms with Crippen molar-refractivity contribution in [3.8, 4) is 0 Å². The largest absolute Gasteiger partial charge is 0.377 e. The lowest BCUT2D eigenvalue weighted by Gasteiger charge is -2.05. The Bertz CT molecular complexity index is 581. The summed E-state index contributed by atoms with van der Waals surface area (Å²) in [5.74, 6) is 0.435. The molecule has 2 aromatic rings. The zero-order valence-corrected chi connectivity index (χ0v) is 10.7. The summed E-state index contributed by atoms with van der Waals surface area (Å²) in [4.78, 5) is 18.7. The number of nitrogens with one attached hydrogen (secondary N) is 1. The van der Waals surface area contributed by atoms with Crippen molar-refractivity contribution in [1.82, 2.24) is 9.97 Å². The van der Waals surface area contributed by atoms with Gasteiger partial charge in [-0.15, -0.1) is 0 Å². The molecule has 5 heteroatoms. The maximum atomic E-state index is 11.9. The molecule has 4 nitrogen and oxygen atoms in total. The summed E-state index contributed by atoms with van der Waals surface area (Å²) in [5, 5.41) is 0.231. The van der Waals surface area contributed by atoms with Crippen LogP contribution in [0, 0.1) is 0 Å². The zero-order chi connectivity index (χ0) is 13.0. The highest BCUT2D eigenvalue weighted by Gasteiger charge is 2.10. The first-order valence-electron chi connectivity index (χ1n) is 5.51. The molecule has 0 atom stereocenters. The summed E-state index contributed by atoms with van der Waals surface area (Å²) >= 11 is 6.03. The first-order valence-corrected chi connectivity index (χ1v) is 5.89. The number of aromatic amines is 1. The minimum Gasteiger partial charge on any atom is -0.377 e. The van der Waals surface area contributed by atoms with Crippen LogP contribution in [-0.2, 0) is 17.8 Å². The molecular weight excluding hydrogens is 252 g/mol.